The van der Waals surface area contributed by atoms with Gasteiger partial charge in [-0.3, -0.25) is 9.69 Å². The van der Waals surface area contributed by atoms with E-state index in [1.807, 2.05) is 31.2 Å². The fourth-order valence-corrected chi connectivity index (χ4v) is 4.23. The minimum Gasteiger partial charge on any atom is -0.477 e. The summed E-state index contributed by atoms with van der Waals surface area (Å²) in [7, 11) is 1.38. The summed E-state index contributed by atoms with van der Waals surface area (Å²) in [6.07, 6.45) is 0.722. The standard InChI is InChI=1S/C24H23NO7/c1-14-7-22(27)32-24-17(14)9-16(4-6-21(26)28-2)23-18(24)11-25(12-29-23)10-15-3-5-19-20(8-15)31-13-30-19/h3,5,7-9H,4,6,10-13H2,1-2H3. The third kappa shape index (κ3) is 3.78. The molecule has 0 radical (unpaired) electrons. The van der Waals surface area contributed by atoms with Gasteiger partial charge in [0.25, 0.3) is 0 Å². The molecule has 0 N–H and O–H groups in total. The summed E-state index contributed by atoms with van der Waals surface area (Å²) in [6.45, 7) is 3.65. The van der Waals surface area contributed by atoms with Gasteiger partial charge in [-0.1, -0.05) is 6.07 Å². The van der Waals surface area contributed by atoms with Crippen LogP contribution in [-0.2, 0) is 29.0 Å². The summed E-state index contributed by atoms with van der Waals surface area (Å²) in [5, 5.41) is 0.844. The Hall–Kier alpha value is -3.52. The fraction of sp³-hybridized carbons (Fsp3) is 0.333. The first-order chi connectivity index (χ1) is 15.5. The lowest BCUT2D eigenvalue weighted by Crippen LogP contribution is -2.32. The van der Waals surface area contributed by atoms with Crippen LogP contribution in [0.25, 0.3) is 11.0 Å². The molecule has 0 fully saturated rings. The van der Waals surface area contributed by atoms with Crippen LogP contribution in [0.2, 0.25) is 0 Å². The van der Waals surface area contributed by atoms with Crippen molar-refractivity contribution in [2.45, 2.75) is 32.9 Å². The molecule has 2 aliphatic heterocycles. The maximum atomic E-state index is 12.1. The van der Waals surface area contributed by atoms with Gasteiger partial charge in [-0.2, -0.15) is 0 Å². The van der Waals surface area contributed by atoms with E-state index >= 15 is 0 Å². The van der Waals surface area contributed by atoms with Gasteiger partial charge in [0.15, 0.2) is 11.5 Å². The number of rotatable bonds is 5. The number of hydrogen-bond acceptors (Lipinski definition) is 8. The molecule has 8 heteroatoms. The molecule has 166 valence electrons. The molecule has 5 rings (SSSR count). The van der Waals surface area contributed by atoms with Gasteiger partial charge in [0, 0.05) is 31.0 Å². The number of esters is 1. The molecular formula is C24H23NO7. The zero-order valence-electron chi connectivity index (χ0n) is 17.9. The lowest BCUT2D eigenvalue weighted by Gasteiger charge is -2.31. The Kier molecular flexibility index (Phi) is 5.22. The topological polar surface area (TPSA) is 87.4 Å². The monoisotopic (exact) mass is 437 g/mol. The molecule has 0 atom stereocenters. The summed E-state index contributed by atoms with van der Waals surface area (Å²) >= 11 is 0. The predicted molar refractivity (Wildman–Crippen MR) is 115 cm³/mol. The highest BCUT2D eigenvalue weighted by molar-refractivity contribution is 5.86. The van der Waals surface area contributed by atoms with Crippen LogP contribution in [0.15, 0.2) is 39.5 Å². The Bertz CT molecular complexity index is 1260. The first-order valence-corrected chi connectivity index (χ1v) is 10.4. The van der Waals surface area contributed by atoms with E-state index in [9.17, 15) is 9.59 Å². The van der Waals surface area contributed by atoms with E-state index in [4.69, 9.17) is 23.4 Å². The molecule has 1 aromatic heterocycles. The summed E-state index contributed by atoms with van der Waals surface area (Å²) in [6, 6.07) is 9.29. The molecule has 8 nitrogen and oxygen atoms in total. The number of benzene rings is 2. The van der Waals surface area contributed by atoms with E-state index in [2.05, 4.69) is 4.90 Å². The van der Waals surface area contributed by atoms with E-state index < -0.39 is 5.63 Å². The second-order valence-electron chi connectivity index (χ2n) is 7.99. The van der Waals surface area contributed by atoms with Crippen LogP contribution < -0.4 is 19.8 Å². The Morgan fingerprint density at radius 2 is 1.97 bits per heavy atom. The second-order valence-corrected chi connectivity index (χ2v) is 7.99. The molecule has 0 saturated carbocycles. The van der Waals surface area contributed by atoms with Crippen LogP contribution in [0.4, 0.5) is 0 Å². The predicted octanol–water partition coefficient (Wildman–Crippen LogP) is 3.29. The first-order valence-electron chi connectivity index (χ1n) is 10.4. The number of nitrogens with zero attached hydrogens (tertiary/aromatic N) is 1. The Labute approximate surface area is 184 Å². The van der Waals surface area contributed by atoms with Gasteiger partial charge >= 0.3 is 11.6 Å². The van der Waals surface area contributed by atoms with E-state index in [1.165, 1.54) is 13.2 Å². The molecule has 3 aromatic rings. The van der Waals surface area contributed by atoms with Crippen molar-refractivity contribution in [3.05, 3.63) is 63.0 Å². The summed E-state index contributed by atoms with van der Waals surface area (Å²) in [5.74, 6) is 1.87. The molecule has 0 unspecified atom stereocenters. The van der Waals surface area contributed by atoms with Crippen LogP contribution >= 0.6 is 0 Å². The van der Waals surface area contributed by atoms with E-state index in [0.29, 0.717) is 37.6 Å². The van der Waals surface area contributed by atoms with Crippen LogP contribution in [-0.4, -0.2) is 31.5 Å². The number of carbonyl (C=O) groups excluding carboxylic acids is 1. The number of ether oxygens (including phenoxy) is 4. The normalized spacial score (nSPS) is 14.8. The van der Waals surface area contributed by atoms with E-state index in [1.54, 1.807) is 0 Å². The second kappa shape index (κ2) is 8.20. The maximum Gasteiger partial charge on any atom is 0.336 e. The lowest BCUT2D eigenvalue weighted by atomic mass is 9.97. The van der Waals surface area contributed by atoms with Gasteiger partial charge in [0.2, 0.25) is 6.79 Å². The van der Waals surface area contributed by atoms with Crippen molar-refractivity contribution in [3.8, 4) is 17.2 Å². The van der Waals surface area contributed by atoms with Gasteiger partial charge in [0.1, 0.15) is 18.1 Å². The van der Waals surface area contributed by atoms with Gasteiger partial charge in [-0.05, 0) is 48.2 Å². The summed E-state index contributed by atoms with van der Waals surface area (Å²) in [5.41, 5.74) is 3.73. The highest BCUT2D eigenvalue weighted by Crippen LogP contribution is 2.38. The molecule has 2 aliphatic rings. The Balaban J connectivity index is 1.49. The Morgan fingerprint density at radius 3 is 2.81 bits per heavy atom. The fourth-order valence-electron chi connectivity index (χ4n) is 4.23. The zero-order chi connectivity index (χ0) is 22.2. The van der Waals surface area contributed by atoms with Crippen molar-refractivity contribution in [3.63, 3.8) is 0 Å². The molecule has 3 heterocycles. The van der Waals surface area contributed by atoms with E-state index in [-0.39, 0.29) is 19.2 Å². The highest BCUT2D eigenvalue weighted by Gasteiger charge is 2.26. The number of hydrogen-bond donors (Lipinski definition) is 0. The molecule has 0 bridgehead atoms. The van der Waals surface area contributed by atoms with Gasteiger partial charge < -0.3 is 23.4 Å². The van der Waals surface area contributed by atoms with Gasteiger partial charge in [-0.25, -0.2) is 4.79 Å². The minimum atomic E-state index is -0.396. The van der Waals surface area contributed by atoms with Crippen molar-refractivity contribution in [1.29, 1.82) is 0 Å². The molecule has 32 heavy (non-hydrogen) atoms. The van der Waals surface area contributed by atoms with Gasteiger partial charge in [-0.15, -0.1) is 0 Å². The third-order valence-corrected chi connectivity index (χ3v) is 5.81. The quantitative estimate of drug-likeness (QED) is 0.444. The molecule has 0 amide bonds. The Morgan fingerprint density at radius 1 is 1.12 bits per heavy atom. The molecular weight excluding hydrogens is 414 g/mol. The summed E-state index contributed by atoms with van der Waals surface area (Å²) < 4.78 is 27.4. The van der Waals surface area contributed by atoms with Gasteiger partial charge in [0.05, 0.1) is 12.7 Å². The number of aryl methyl sites for hydroxylation is 2. The van der Waals surface area contributed by atoms with Crippen LogP contribution in [0.1, 0.15) is 28.7 Å². The highest BCUT2D eigenvalue weighted by atomic mass is 16.7. The van der Waals surface area contributed by atoms with Crippen LogP contribution in [0.3, 0.4) is 0 Å². The van der Waals surface area contributed by atoms with Crippen LogP contribution in [0, 0.1) is 6.92 Å². The zero-order valence-corrected chi connectivity index (χ0v) is 17.9. The molecule has 2 aromatic carbocycles. The van der Waals surface area contributed by atoms with E-state index in [0.717, 1.165) is 39.1 Å². The SMILES string of the molecule is COC(=O)CCc1cc2c(C)cc(=O)oc2c2c1OCN(Cc1ccc3c(c1)OCO3)C2. The smallest absolute Gasteiger partial charge is 0.336 e. The third-order valence-electron chi connectivity index (χ3n) is 5.81. The van der Waals surface area contributed by atoms with Crippen molar-refractivity contribution >= 4 is 16.9 Å². The van der Waals surface area contributed by atoms with Crippen molar-refractivity contribution in [1.82, 2.24) is 4.90 Å². The largest absolute Gasteiger partial charge is 0.477 e. The lowest BCUT2D eigenvalue weighted by molar-refractivity contribution is -0.140. The first kappa shape index (κ1) is 20.4. The molecule has 0 aliphatic carbocycles. The van der Waals surface area contributed by atoms with Crippen molar-refractivity contribution in [2.24, 2.45) is 0 Å². The average Bonchev–Trinajstić information content (AvgIpc) is 3.25. The maximum absolute atomic E-state index is 12.1. The number of fused-ring (bicyclic) bond motifs is 4. The van der Waals surface area contributed by atoms with Crippen LogP contribution in [0.5, 0.6) is 17.2 Å². The minimum absolute atomic E-state index is 0.234. The molecule has 0 spiro atoms. The van der Waals surface area contributed by atoms with Crippen molar-refractivity contribution < 1.29 is 28.2 Å². The van der Waals surface area contributed by atoms with Crippen molar-refractivity contribution in [2.75, 3.05) is 20.6 Å². The number of carbonyl (C=O) groups is 1. The average molecular weight is 437 g/mol. The molecule has 0 saturated heterocycles. The number of methoxy groups -OCH3 is 1. The summed E-state index contributed by atoms with van der Waals surface area (Å²) in [4.78, 5) is 25.9.